The van der Waals surface area contributed by atoms with Gasteiger partial charge in [0.2, 0.25) is 0 Å². The molecule has 2 aromatic heterocycles. The molecule has 0 aliphatic heterocycles. The fourth-order valence-corrected chi connectivity index (χ4v) is 4.67. The summed E-state index contributed by atoms with van der Waals surface area (Å²) < 4.78 is 5.08. The lowest BCUT2D eigenvalue weighted by molar-refractivity contribution is -0.141. The molecule has 0 spiro atoms. The summed E-state index contributed by atoms with van der Waals surface area (Å²) in [6.07, 6.45) is 0.807. The Kier molecular flexibility index (Phi) is 7.78. The third kappa shape index (κ3) is 5.75. The van der Waals surface area contributed by atoms with Gasteiger partial charge in [0.15, 0.2) is 5.78 Å². The van der Waals surface area contributed by atoms with E-state index in [0.717, 1.165) is 16.8 Å². The number of esters is 1. The second-order valence-corrected chi connectivity index (χ2v) is 9.18. The molecule has 0 fully saturated rings. The number of H-pyrrole nitrogens is 1. The normalized spacial score (nSPS) is 10.9. The maximum absolute atomic E-state index is 13.3. The number of nitrogen functional groups attached to an aromatic ring is 1. The number of aromatic amines is 1. The molecule has 2 aromatic carbocycles. The van der Waals surface area contributed by atoms with Gasteiger partial charge in [-0.1, -0.05) is 24.3 Å². The van der Waals surface area contributed by atoms with Crippen LogP contribution in [-0.2, 0) is 16.0 Å². The molecule has 0 radical (unpaired) electrons. The van der Waals surface area contributed by atoms with Crippen LogP contribution in [-0.4, -0.2) is 46.6 Å². The SMILES string of the molecule is CCOC(=O)CN(C(=O)c1cscn1)c1ccc2[nH]c(C)c(C(=O)CCc3ccc(C(=N)N)cc3)c2c1. The van der Waals surface area contributed by atoms with Crippen molar-refractivity contribution in [1.29, 1.82) is 5.41 Å². The topological polar surface area (TPSA) is 142 Å². The molecule has 37 heavy (non-hydrogen) atoms. The van der Waals surface area contributed by atoms with Crippen molar-refractivity contribution in [3.05, 3.63) is 81.4 Å². The number of hydrogen-bond acceptors (Lipinski definition) is 7. The number of hydrogen-bond donors (Lipinski definition) is 3. The number of anilines is 1. The molecule has 4 N–H and O–H groups in total. The minimum Gasteiger partial charge on any atom is -0.465 e. The van der Waals surface area contributed by atoms with Gasteiger partial charge in [-0.05, 0) is 44.0 Å². The summed E-state index contributed by atoms with van der Waals surface area (Å²) in [5.74, 6) is -1.01. The Balaban J connectivity index is 1.63. The molecule has 0 aliphatic rings. The number of ether oxygens (including phenoxy) is 1. The highest BCUT2D eigenvalue weighted by atomic mass is 32.1. The van der Waals surface area contributed by atoms with Gasteiger partial charge in [-0.2, -0.15) is 0 Å². The van der Waals surface area contributed by atoms with Gasteiger partial charge >= 0.3 is 5.97 Å². The molecule has 0 atom stereocenters. The Labute approximate surface area is 217 Å². The van der Waals surface area contributed by atoms with Crippen LogP contribution in [0.1, 0.15) is 51.0 Å². The van der Waals surface area contributed by atoms with E-state index in [2.05, 4.69) is 9.97 Å². The number of fused-ring (bicyclic) bond motifs is 1. The second-order valence-electron chi connectivity index (χ2n) is 8.46. The molecule has 1 amide bonds. The van der Waals surface area contributed by atoms with E-state index in [0.29, 0.717) is 28.6 Å². The van der Waals surface area contributed by atoms with Crippen LogP contribution in [0.15, 0.2) is 53.4 Å². The van der Waals surface area contributed by atoms with Crippen LogP contribution < -0.4 is 10.6 Å². The number of ketones is 1. The van der Waals surface area contributed by atoms with Crippen molar-refractivity contribution >= 4 is 51.4 Å². The summed E-state index contributed by atoms with van der Waals surface area (Å²) in [6.45, 7) is 3.46. The number of aromatic nitrogens is 2. The van der Waals surface area contributed by atoms with Gasteiger partial charge in [-0.25, -0.2) is 4.98 Å². The van der Waals surface area contributed by atoms with Crippen molar-refractivity contribution < 1.29 is 19.1 Å². The number of nitrogens with one attached hydrogen (secondary N) is 2. The number of rotatable bonds is 10. The first-order chi connectivity index (χ1) is 17.8. The van der Waals surface area contributed by atoms with Gasteiger partial charge in [-0.3, -0.25) is 24.7 Å². The van der Waals surface area contributed by atoms with E-state index in [1.54, 1.807) is 48.1 Å². The van der Waals surface area contributed by atoms with E-state index in [9.17, 15) is 14.4 Å². The number of amides is 1. The maximum atomic E-state index is 13.3. The fourth-order valence-electron chi connectivity index (χ4n) is 4.15. The number of thiazole rings is 1. The first kappa shape index (κ1) is 25.8. The highest BCUT2D eigenvalue weighted by molar-refractivity contribution is 7.07. The number of benzene rings is 2. The summed E-state index contributed by atoms with van der Waals surface area (Å²) in [6, 6.07) is 12.5. The molecule has 2 heterocycles. The molecule has 0 unspecified atom stereocenters. The van der Waals surface area contributed by atoms with Crippen molar-refractivity contribution in [2.24, 2.45) is 5.73 Å². The van der Waals surface area contributed by atoms with Crippen molar-refractivity contribution in [3.63, 3.8) is 0 Å². The molecule has 10 heteroatoms. The monoisotopic (exact) mass is 517 g/mol. The Morgan fingerprint density at radius 1 is 1.16 bits per heavy atom. The standard InChI is InChI=1S/C27H27N5O4S/c1-3-36-24(34)13-32(27(35)22-14-37-15-30-22)19-9-10-21-20(12-19)25(16(2)31-21)23(33)11-6-17-4-7-18(8-5-17)26(28)29/h4-5,7-10,12,14-15,31H,3,6,11,13H2,1-2H3,(H3,28,29). The summed E-state index contributed by atoms with van der Waals surface area (Å²) >= 11 is 1.29. The zero-order valence-electron chi connectivity index (χ0n) is 20.5. The molecular weight excluding hydrogens is 490 g/mol. The third-order valence-electron chi connectivity index (χ3n) is 5.95. The quantitative estimate of drug-likeness (QED) is 0.124. The van der Waals surface area contributed by atoms with E-state index in [-0.39, 0.29) is 36.9 Å². The summed E-state index contributed by atoms with van der Waals surface area (Å²) in [4.78, 5) is 47.5. The molecule has 0 saturated heterocycles. The van der Waals surface area contributed by atoms with Crippen LogP contribution in [0, 0.1) is 12.3 Å². The average Bonchev–Trinajstić information content (AvgIpc) is 3.53. The lowest BCUT2D eigenvalue weighted by Crippen LogP contribution is -2.36. The van der Waals surface area contributed by atoms with Crippen molar-refractivity contribution in [2.75, 3.05) is 18.1 Å². The molecule has 0 saturated carbocycles. The molecule has 190 valence electrons. The summed E-state index contributed by atoms with van der Waals surface area (Å²) in [5, 5.41) is 9.81. The highest BCUT2D eigenvalue weighted by Gasteiger charge is 2.24. The molecule has 9 nitrogen and oxygen atoms in total. The lowest BCUT2D eigenvalue weighted by Gasteiger charge is -2.21. The minimum absolute atomic E-state index is 0.00175. The largest absolute Gasteiger partial charge is 0.465 e. The second kappa shape index (κ2) is 11.2. The Hall–Kier alpha value is -4.31. The van der Waals surface area contributed by atoms with E-state index in [1.165, 1.54) is 16.2 Å². The number of nitrogens with two attached hydrogens (primary N) is 1. The van der Waals surface area contributed by atoms with Crippen LogP contribution in [0.2, 0.25) is 0 Å². The van der Waals surface area contributed by atoms with Gasteiger partial charge in [0, 0.05) is 45.2 Å². The molecule has 0 bridgehead atoms. The van der Waals surface area contributed by atoms with E-state index in [1.807, 2.05) is 19.1 Å². The molecule has 0 aliphatic carbocycles. The first-order valence-corrected chi connectivity index (χ1v) is 12.7. The van der Waals surface area contributed by atoms with Gasteiger partial charge in [0.1, 0.15) is 18.1 Å². The van der Waals surface area contributed by atoms with Crippen LogP contribution in [0.4, 0.5) is 5.69 Å². The zero-order valence-corrected chi connectivity index (χ0v) is 21.4. The third-order valence-corrected chi connectivity index (χ3v) is 6.54. The Morgan fingerprint density at radius 2 is 1.92 bits per heavy atom. The number of nitrogens with zero attached hydrogens (tertiary/aromatic N) is 2. The molecular formula is C27H27N5O4S. The number of Topliss-reactive ketones (excluding diaryl/α,β-unsaturated/α-hetero) is 1. The van der Waals surface area contributed by atoms with Crippen LogP contribution in [0.3, 0.4) is 0 Å². The van der Waals surface area contributed by atoms with Crippen molar-refractivity contribution in [2.45, 2.75) is 26.7 Å². The van der Waals surface area contributed by atoms with Gasteiger partial charge in [0.25, 0.3) is 5.91 Å². The fraction of sp³-hybridized carbons (Fsp3) is 0.222. The number of carbonyl (C=O) groups excluding carboxylic acids is 3. The van der Waals surface area contributed by atoms with Gasteiger partial charge < -0.3 is 15.5 Å². The van der Waals surface area contributed by atoms with Crippen molar-refractivity contribution in [3.8, 4) is 0 Å². The number of aryl methyl sites for hydroxylation is 2. The highest BCUT2D eigenvalue weighted by Crippen LogP contribution is 2.29. The summed E-state index contributed by atoms with van der Waals surface area (Å²) in [7, 11) is 0. The Morgan fingerprint density at radius 3 is 2.57 bits per heavy atom. The predicted octanol–water partition coefficient (Wildman–Crippen LogP) is 4.24. The number of carbonyl (C=O) groups is 3. The molecule has 4 rings (SSSR count). The maximum Gasteiger partial charge on any atom is 0.326 e. The summed E-state index contributed by atoms with van der Waals surface area (Å²) in [5.41, 5.74) is 11.4. The van der Waals surface area contributed by atoms with Crippen LogP contribution in [0.5, 0.6) is 0 Å². The smallest absolute Gasteiger partial charge is 0.326 e. The Bertz CT molecular complexity index is 1460. The number of amidine groups is 1. The lowest BCUT2D eigenvalue weighted by atomic mass is 9.99. The predicted molar refractivity (Wildman–Crippen MR) is 144 cm³/mol. The average molecular weight is 518 g/mol. The zero-order chi connectivity index (χ0) is 26.5. The van der Waals surface area contributed by atoms with Gasteiger partial charge in [-0.15, -0.1) is 11.3 Å². The minimum atomic E-state index is -0.538. The first-order valence-electron chi connectivity index (χ1n) is 11.7. The van der Waals surface area contributed by atoms with Crippen molar-refractivity contribution in [1.82, 2.24) is 9.97 Å². The molecule has 4 aromatic rings. The van der Waals surface area contributed by atoms with Crippen LogP contribution >= 0.6 is 11.3 Å². The van der Waals surface area contributed by atoms with E-state index >= 15 is 0 Å². The van der Waals surface area contributed by atoms with E-state index < -0.39 is 11.9 Å². The van der Waals surface area contributed by atoms with Crippen LogP contribution in [0.25, 0.3) is 10.9 Å². The van der Waals surface area contributed by atoms with Gasteiger partial charge in [0.05, 0.1) is 12.1 Å². The van der Waals surface area contributed by atoms with E-state index in [4.69, 9.17) is 15.9 Å².